The molecule has 0 fully saturated rings. The first kappa shape index (κ1) is 32.8. The number of benzene rings is 2. The van der Waals surface area contributed by atoms with Gasteiger partial charge in [-0.1, -0.05) is 44.4 Å². The van der Waals surface area contributed by atoms with Crippen LogP contribution in [0.5, 0.6) is 5.75 Å². The number of aliphatic hydroxyl groups is 2. The normalized spacial score (nSPS) is 12.4. The zero-order valence-corrected chi connectivity index (χ0v) is 23.9. The summed E-state index contributed by atoms with van der Waals surface area (Å²) in [6.45, 7) is 3.09. The molecule has 0 unspecified atom stereocenters. The van der Waals surface area contributed by atoms with Crippen LogP contribution >= 0.6 is 0 Å². The van der Waals surface area contributed by atoms with Crippen molar-refractivity contribution in [3.63, 3.8) is 0 Å². The third-order valence-corrected chi connectivity index (χ3v) is 8.42. The Bertz CT molecular complexity index is 1100. The highest BCUT2D eigenvalue weighted by molar-refractivity contribution is 7.91. The highest BCUT2D eigenvalue weighted by atomic mass is 32.2. The number of phenols is 1. The molecule has 0 aliphatic carbocycles. The number of carbonyl (C=O) groups excluding carboxylic acids is 1. The van der Waals surface area contributed by atoms with Crippen molar-refractivity contribution in [2.75, 3.05) is 25.5 Å². The van der Waals surface area contributed by atoms with Crippen molar-refractivity contribution in [1.82, 2.24) is 5.32 Å². The molecule has 1 amide bonds. The fourth-order valence-corrected chi connectivity index (χ4v) is 5.65. The van der Waals surface area contributed by atoms with E-state index in [1.165, 1.54) is 12.1 Å². The second kappa shape index (κ2) is 18.0. The van der Waals surface area contributed by atoms with Crippen molar-refractivity contribution >= 4 is 15.7 Å². The smallest absolute Gasteiger partial charge is 0.220 e. The number of carbonyl (C=O) groups is 1. The molecule has 0 saturated carbocycles. The van der Waals surface area contributed by atoms with E-state index in [1.807, 2.05) is 12.1 Å². The van der Waals surface area contributed by atoms with Gasteiger partial charge in [0.1, 0.15) is 5.75 Å². The van der Waals surface area contributed by atoms with E-state index in [0.717, 1.165) is 56.9 Å². The van der Waals surface area contributed by atoms with Crippen LogP contribution in [0.4, 0.5) is 0 Å². The lowest BCUT2D eigenvalue weighted by Gasteiger charge is -2.14. The molecule has 0 aliphatic rings. The number of sulfone groups is 1. The van der Waals surface area contributed by atoms with Crippen molar-refractivity contribution in [2.24, 2.45) is 0 Å². The van der Waals surface area contributed by atoms with Crippen LogP contribution in [0.2, 0.25) is 0 Å². The summed E-state index contributed by atoms with van der Waals surface area (Å²) in [4.78, 5) is 12.5. The Hall–Kier alpha value is -2.46. The first-order valence-corrected chi connectivity index (χ1v) is 15.7. The molecule has 8 nitrogen and oxygen atoms in total. The molecule has 9 heteroatoms. The Balaban J connectivity index is 1.51. The number of ether oxygens (including phenoxy) is 1. The lowest BCUT2D eigenvalue weighted by atomic mass is 10.1. The molecule has 1 atom stereocenters. The van der Waals surface area contributed by atoms with Gasteiger partial charge in [0.05, 0.1) is 23.4 Å². The van der Waals surface area contributed by atoms with Gasteiger partial charge in [-0.3, -0.25) is 4.79 Å². The number of aromatic hydroxyl groups is 1. The summed E-state index contributed by atoms with van der Waals surface area (Å²) in [7, 11) is -3.21. The van der Waals surface area contributed by atoms with Crippen LogP contribution in [0.15, 0.2) is 47.4 Å². The summed E-state index contributed by atoms with van der Waals surface area (Å²) in [6, 6.07) is 11.8. The van der Waals surface area contributed by atoms with Crippen LogP contribution in [-0.4, -0.2) is 55.2 Å². The van der Waals surface area contributed by atoms with Crippen molar-refractivity contribution in [3.8, 4) is 5.75 Å². The maximum Gasteiger partial charge on any atom is 0.220 e. The topological polar surface area (TPSA) is 133 Å². The van der Waals surface area contributed by atoms with Gasteiger partial charge in [-0.15, -0.1) is 0 Å². The first-order chi connectivity index (χ1) is 18.8. The van der Waals surface area contributed by atoms with Crippen LogP contribution in [0.25, 0.3) is 0 Å². The second-order valence-electron chi connectivity index (χ2n) is 9.92. The van der Waals surface area contributed by atoms with E-state index in [0.29, 0.717) is 42.1 Å². The van der Waals surface area contributed by atoms with E-state index in [-0.39, 0.29) is 30.6 Å². The van der Waals surface area contributed by atoms with E-state index in [9.17, 15) is 28.5 Å². The summed E-state index contributed by atoms with van der Waals surface area (Å²) in [5, 5.41) is 31.8. The van der Waals surface area contributed by atoms with Gasteiger partial charge in [-0.05, 0) is 73.9 Å². The zero-order valence-electron chi connectivity index (χ0n) is 23.1. The fourth-order valence-electron chi connectivity index (χ4n) is 4.21. The minimum atomic E-state index is -3.21. The van der Waals surface area contributed by atoms with Crippen molar-refractivity contribution in [1.29, 1.82) is 0 Å². The predicted molar refractivity (Wildman–Crippen MR) is 152 cm³/mol. The molecule has 0 bridgehead atoms. The van der Waals surface area contributed by atoms with Crippen LogP contribution in [0, 0.1) is 0 Å². The van der Waals surface area contributed by atoms with Crippen molar-refractivity contribution in [2.45, 2.75) is 88.7 Å². The lowest BCUT2D eigenvalue weighted by Crippen LogP contribution is -2.28. The SMILES string of the molecule is CCCCCS(=O)(=O)c1cccc(CCCCOCCCCCC(=O)NC[C@H](O)c2ccc(O)c(CO)c2)c1. The minimum Gasteiger partial charge on any atom is -0.508 e. The van der Waals surface area contributed by atoms with E-state index >= 15 is 0 Å². The van der Waals surface area contributed by atoms with Gasteiger partial charge in [0.2, 0.25) is 5.91 Å². The predicted octanol–water partition coefficient (Wildman–Crippen LogP) is 4.60. The largest absolute Gasteiger partial charge is 0.508 e. The number of rotatable bonds is 20. The van der Waals surface area contributed by atoms with Gasteiger partial charge in [0.25, 0.3) is 0 Å². The summed E-state index contributed by atoms with van der Waals surface area (Å²) in [5.74, 6) is 0.0452. The molecule has 2 rings (SSSR count). The Kier molecular flexibility index (Phi) is 15.1. The summed E-state index contributed by atoms with van der Waals surface area (Å²) < 4.78 is 30.7. The second-order valence-corrected chi connectivity index (χ2v) is 12.0. The summed E-state index contributed by atoms with van der Waals surface area (Å²) in [5.41, 5.74) is 1.89. The van der Waals surface area contributed by atoms with Gasteiger partial charge < -0.3 is 25.4 Å². The maximum atomic E-state index is 12.5. The van der Waals surface area contributed by atoms with Gasteiger partial charge in [-0.2, -0.15) is 0 Å². The highest BCUT2D eigenvalue weighted by Crippen LogP contribution is 2.22. The number of aryl methyl sites for hydroxylation is 1. The quantitative estimate of drug-likeness (QED) is 0.173. The number of aliphatic hydroxyl groups excluding tert-OH is 2. The van der Waals surface area contributed by atoms with Crippen LogP contribution in [-0.2, 0) is 32.4 Å². The molecule has 218 valence electrons. The monoisotopic (exact) mass is 563 g/mol. The third-order valence-electron chi connectivity index (χ3n) is 6.62. The van der Waals surface area contributed by atoms with Crippen LogP contribution in [0.1, 0.15) is 87.5 Å². The molecule has 4 N–H and O–H groups in total. The molecular formula is C30H45NO7S. The number of hydrogen-bond acceptors (Lipinski definition) is 7. The van der Waals surface area contributed by atoms with Gasteiger partial charge >= 0.3 is 0 Å². The third kappa shape index (κ3) is 12.5. The Morgan fingerprint density at radius 1 is 0.974 bits per heavy atom. The zero-order chi connectivity index (χ0) is 28.5. The van der Waals surface area contributed by atoms with Crippen molar-refractivity contribution < 1.29 is 33.3 Å². The van der Waals surface area contributed by atoms with Crippen molar-refractivity contribution in [3.05, 3.63) is 59.2 Å². The minimum absolute atomic E-state index is 0.0323. The molecular weight excluding hydrogens is 518 g/mol. The number of hydrogen-bond donors (Lipinski definition) is 4. The van der Waals surface area contributed by atoms with Crippen LogP contribution < -0.4 is 5.32 Å². The van der Waals surface area contributed by atoms with Gasteiger partial charge in [-0.25, -0.2) is 8.42 Å². The highest BCUT2D eigenvalue weighted by Gasteiger charge is 2.14. The standard InChI is InChI=1S/C30H45NO7S/c1-2-3-9-19-39(36,37)27-13-10-12-24(20-27)11-6-8-18-38-17-7-4-5-14-30(35)31-22-29(34)25-15-16-28(33)26(21-25)23-32/h10,12-13,15-16,20-21,29,32-34H,2-9,11,14,17-19,22-23H2,1H3,(H,31,35)/t29-/m0/s1. The molecule has 0 aromatic heterocycles. The lowest BCUT2D eigenvalue weighted by molar-refractivity contribution is -0.121. The van der Waals surface area contributed by atoms with Gasteiger partial charge in [0.15, 0.2) is 9.84 Å². The number of nitrogens with one attached hydrogen (secondary N) is 1. The van der Waals surface area contributed by atoms with E-state index in [4.69, 9.17) is 4.74 Å². The molecule has 2 aromatic carbocycles. The summed E-state index contributed by atoms with van der Waals surface area (Å²) in [6.07, 6.45) is 7.20. The van der Waals surface area contributed by atoms with E-state index < -0.39 is 15.9 Å². The van der Waals surface area contributed by atoms with Crippen LogP contribution in [0.3, 0.4) is 0 Å². The Labute approximate surface area is 233 Å². The average molecular weight is 564 g/mol. The van der Waals surface area contributed by atoms with Gasteiger partial charge in [0, 0.05) is 31.7 Å². The molecule has 0 saturated heterocycles. The molecule has 0 aliphatic heterocycles. The molecule has 0 radical (unpaired) electrons. The first-order valence-electron chi connectivity index (χ1n) is 14.0. The maximum absolute atomic E-state index is 12.5. The number of amides is 1. The number of unbranched alkanes of at least 4 members (excludes halogenated alkanes) is 5. The average Bonchev–Trinajstić information content (AvgIpc) is 2.93. The van der Waals surface area contributed by atoms with E-state index in [2.05, 4.69) is 12.2 Å². The molecule has 0 spiro atoms. The van der Waals surface area contributed by atoms with E-state index in [1.54, 1.807) is 18.2 Å². The Morgan fingerprint density at radius 2 is 1.74 bits per heavy atom. The fraction of sp³-hybridized carbons (Fsp3) is 0.567. The molecule has 2 aromatic rings. The molecule has 39 heavy (non-hydrogen) atoms. The molecule has 0 heterocycles. The Morgan fingerprint density at radius 3 is 2.49 bits per heavy atom. The summed E-state index contributed by atoms with van der Waals surface area (Å²) >= 11 is 0.